The summed E-state index contributed by atoms with van der Waals surface area (Å²) in [7, 11) is 0. The first-order valence-electron chi connectivity index (χ1n) is 10.1. The zero-order valence-corrected chi connectivity index (χ0v) is 16.1. The average molecular weight is 385 g/mol. The highest BCUT2D eigenvalue weighted by molar-refractivity contribution is 5.81. The Morgan fingerprint density at radius 3 is 2.81 bits per heavy atom. The van der Waals surface area contributed by atoms with E-state index in [1.165, 1.54) is 0 Å². The van der Waals surface area contributed by atoms with Gasteiger partial charge in [-0.25, -0.2) is 14.8 Å². The fourth-order valence-electron chi connectivity index (χ4n) is 4.92. The maximum absolute atomic E-state index is 13.6. The summed E-state index contributed by atoms with van der Waals surface area (Å²) in [6.07, 6.45) is -0.749. The van der Waals surface area contributed by atoms with E-state index in [2.05, 4.69) is 45.4 Å². The van der Waals surface area contributed by atoms with Crippen molar-refractivity contribution in [3.05, 3.63) is 0 Å². The number of carbonyl (C=O) groups is 1. The molecule has 10 heteroatoms. The lowest BCUT2D eigenvalue weighted by atomic mass is 9.95. The third kappa shape index (κ3) is 3.71. The van der Waals surface area contributed by atoms with Crippen molar-refractivity contribution in [2.24, 2.45) is 11.7 Å². The number of nitrogens with two attached hydrogens (primary N) is 1. The normalized spacial score (nSPS) is 46.4. The standard InChI is InChI=1S/C17H33FN8O/c1-9-10(2)25(8-22-9)13-3-4-20-6-12(13)23-17(27)14-15(19)24-26-7-11(18)5-21-16(14)26/h9-16,20-22,24H,3-8,19H2,1-2H3,(H,23,27). The summed E-state index contributed by atoms with van der Waals surface area (Å²) >= 11 is 0. The van der Waals surface area contributed by atoms with Crippen LogP contribution in [0.2, 0.25) is 0 Å². The molecule has 4 rings (SSSR count). The largest absolute Gasteiger partial charge is 0.350 e. The second-order valence-corrected chi connectivity index (χ2v) is 8.36. The molecule has 27 heavy (non-hydrogen) atoms. The van der Waals surface area contributed by atoms with Crippen molar-refractivity contribution < 1.29 is 9.18 Å². The first-order chi connectivity index (χ1) is 13.0. The van der Waals surface area contributed by atoms with Gasteiger partial charge in [0.25, 0.3) is 0 Å². The van der Waals surface area contributed by atoms with E-state index < -0.39 is 18.3 Å². The van der Waals surface area contributed by atoms with Crippen LogP contribution in [0.25, 0.3) is 0 Å². The molecule has 4 heterocycles. The smallest absolute Gasteiger partial charge is 0.229 e. The lowest BCUT2D eigenvalue weighted by Gasteiger charge is -2.41. The van der Waals surface area contributed by atoms with Gasteiger partial charge in [0.05, 0.1) is 24.3 Å². The molecule has 0 radical (unpaired) electrons. The van der Waals surface area contributed by atoms with E-state index in [0.29, 0.717) is 18.1 Å². The van der Waals surface area contributed by atoms with Gasteiger partial charge >= 0.3 is 0 Å². The van der Waals surface area contributed by atoms with E-state index >= 15 is 0 Å². The highest BCUT2D eigenvalue weighted by atomic mass is 19.1. The van der Waals surface area contributed by atoms with Gasteiger partial charge in [-0.2, -0.15) is 0 Å². The molecular formula is C17H33FN8O. The van der Waals surface area contributed by atoms with E-state index in [1.54, 1.807) is 5.01 Å². The van der Waals surface area contributed by atoms with Crippen molar-refractivity contribution >= 4 is 5.91 Å². The third-order valence-electron chi connectivity index (χ3n) is 6.67. The van der Waals surface area contributed by atoms with Crippen LogP contribution in [0.15, 0.2) is 0 Å². The molecule has 0 aromatic carbocycles. The number of nitrogens with one attached hydrogen (secondary N) is 5. The summed E-state index contributed by atoms with van der Waals surface area (Å²) in [5.41, 5.74) is 9.22. The third-order valence-corrected chi connectivity index (χ3v) is 6.67. The van der Waals surface area contributed by atoms with Crippen LogP contribution in [0.1, 0.15) is 20.3 Å². The van der Waals surface area contributed by atoms with Crippen LogP contribution >= 0.6 is 0 Å². The van der Waals surface area contributed by atoms with E-state index in [9.17, 15) is 9.18 Å². The fourth-order valence-corrected chi connectivity index (χ4v) is 4.92. The Labute approximate surface area is 159 Å². The Bertz CT molecular complexity index is 553. The number of hydrogen-bond donors (Lipinski definition) is 6. The number of rotatable bonds is 3. The van der Waals surface area contributed by atoms with Gasteiger partial charge in [0, 0.05) is 44.4 Å². The van der Waals surface area contributed by atoms with Gasteiger partial charge < -0.3 is 21.7 Å². The van der Waals surface area contributed by atoms with Gasteiger partial charge in [0.15, 0.2) is 0 Å². The Morgan fingerprint density at radius 1 is 1.26 bits per heavy atom. The van der Waals surface area contributed by atoms with Gasteiger partial charge in [-0.15, -0.1) is 0 Å². The van der Waals surface area contributed by atoms with E-state index in [4.69, 9.17) is 5.73 Å². The number of hydrazine groups is 1. The number of alkyl halides is 1. The van der Waals surface area contributed by atoms with Crippen molar-refractivity contribution in [1.82, 2.24) is 36.6 Å². The summed E-state index contributed by atoms with van der Waals surface area (Å²) in [5, 5.41) is 15.0. The van der Waals surface area contributed by atoms with E-state index in [0.717, 1.165) is 26.2 Å². The highest BCUT2D eigenvalue weighted by Crippen LogP contribution is 2.24. The SMILES string of the molecule is CC1NCN(C2CCNCC2NC(=O)C2C(N)NN3CC(F)CNC23)C1C. The molecule has 4 aliphatic rings. The van der Waals surface area contributed by atoms with Crippen LogP contribution in [0.5, 0.6) is 0 Å². The van der Waals surface area contributed by atoms with E-state index in [-0.39, 0.29) is 31.2 Å². The van der Waals surface area contributed by atoms with E-state index in [1.807, 2.05) is 0 Å². The molecule has 0 aromatic rings. The Hall–Kier alpha value is -0.880. The zero-order valence-electron chi connectivity index (χ0n) is 16.1. The summed E-state index contributed by atoms with van der Waals surface area (Å²) in [4.78, 5) is 15.6. The van der Waals surface area contributed by atoms with Crippen LogP contribution in [0.4, 0.5) is 4.39 Å². The molecule has 0 aromatic heterocycles. The molecule has 0 bridgehead atoms. The first-order valence-corrected chi connectivity index (χ1v) is 10.1. The minimum Gasteiger partial charge on any atom is -0.350 e. The maximum atomic E-state index is 13.6. The van der Waals surface area contributed by atoms with Crippen LogP contribution in [0.3, 0.4) is 0 Å². The molecule has 0 saturated carbocycles. The van der Waals surface area contributed by atoms with Crippen LogP contribution < -0.4 is 32.4 Å². The molecule has 4 saturated heterocycles. The van der Waals surface area contributed by atoms with Gasteiger partial charge in [-0.3, -0.25) is 15.0 Å². The summed E-state index contributed by atoms with van der Waals surface area (Å²) in [5.74, 6) is -0.521. The molecule has 154 valence electrons. The molecule has 0 aliphatic carbocycles. The first kappa shape index (κ1) is 19.4. The van der Waals surface area contributed by atoms with Gasteiger partial charge in [-0.05, 0) is 26.8 Å². The lowest BCUT2D eigenvalue weighted by molar-refractivity contribution is -0.128. The number of carbonyl (C=O) groups excluding carboxylic acids is 1. The second kappa shape index (κ2) is 7.86. The monoisotopic (exact) mass is 384 g/mol. The predicted molar refractivity (Wildman–Crippen MR) is 100.0 cm³/mol. The molecule has 9 nitrogen and oxygen atoms in total. The number of nitrogens with zero attached hydrogens (tertiary/aromatic N) is 2. The Morgan fingerprint density at radius 2 is 2.07 bits per heavy atom. The second-order valence-electron chi connectivity index (χ2n) is 8.36. The molecular weight excluding hydrogens is 351 g/mol. The summed E-state index contributed by atoms with van der Waals surface area (Å²) in [6, 6.07) is 1.19. The molecule has 4 aliphatic heterocycles. The van der Waals surface area contributed by atoms with Crippen molar-refractivity contribution in [3.8, 4) is 0 Å². The number of piperidine rings is 1. The maximum Gasteiger partial charge on any atom is 0.229 e. The van der Waals surface area contributed by atoms with Gasteiger partial charge in [0.1, 0.15) is 6.17 Å². The van der Waals surface area contributed by atoms with Crippen molar-refractivity contribution in [1.29, 1.82) is 0 Å². The number of halogens is 1. The van der Waals surface area contributed by atoms with Crippen LogP contribution in [0, 0.1) is 5.92 Å². The summed E-state index contributed by atoms with van der Waals surface area (Å²) in [6.45, 7) is 7.48. The molecule has 0 spiro atoms. The number of fused-ring (bicyclic) bond motifs is 1. The molecule has 1 amide bonds. The number of hydrogen-bond acceptors (Lipinski definition) is 8. The topological polar surface area (TPSA) is 110 Å². The number of amides is 1. The summed E-state index contributed by atoms with van der Waals surface area (Å²) < 4.78 is 13.6. The molecule has 4 fully saturated rings. The van der Waals surface area contributed by atoms with Crippen molar-refractivity contribution in [3.63, 3.8) is 0 Å². The molecule has 8 unspecified atom stereocenters. The lowest BCUT2D eigenvalue weighted by Crippen LogP contribution is -2.63. The quantitative estimate of drug-likeness (QED) is 0.316. The van der Waals surface area contributed by atoms with Gasteiger partial charge in [0.2, 0.25) is 5.91 Å². The minimum atomic E-state index is -0.958. The van der Waals surface area contributed by atoms with Crippen molar-refractivity contribution in [2.75, 3.05) is 32.8 Å². The Balaban J connectivity index is 1.43. The predicted octanol–water partition coefficient (Wildman–Crippen LogP) is -2.54. The molecule has 7 N–H and O–H groups in total. The highest BCUT2D eigenvalue weighted by Gasteiger charge is 2.48. The zero-order chi connectivity index (χ0) is 19.1. The molecule has 8 atom stereocenters. The van der Waals surface area contributed by atoms with Crippen LogP contribution in [-0.4, -0.2) is 91.3 Å². The van der Waals surface area contributed by atoms with Crippen LogP contribution in [-0.2, 0) is 4.79 Å². The average Bonchev–Trinajstić information content (AvgIpc) is 3.14. The minimum absolute atomic E-state index is 0.0274. The fraction of sp³-hybridized carbons (Fsp3) is 0.941. The van der Waals surface area contributed by atoms with Crippen molar-refractivity contribution in [2.45, 2.75) is 62.9 Å². The van der Waals surface area contributed by atoms with Gasteiger partial charge in [-0.1, -0.05) is 0 Å². The Kier molecular flexibility index (Phi) is 5.66.